The first-order chi connectivity index (χ1) is 7.17. The first-order valence-corrected chi connectivity index (χ1v) is 4.79. The molecule has 1 heterocycles. The molecule has 80 valence electrons. The maximum absolute atomic E-state index is 10.6. The van der Waals surface area contributed by atoms with Gasteiger partial charge in [0.05, 0.1) is 6.42 Å². The Kier molecular flexibility index (Phi) is 3.92. The highest BCUT2D eigenvalue weighted by Crippen LogP contribution is 2.11. The van der Waals surface area contributed by atoms with E-state index in [1.165, 1.54) is 0 Å². The Hall–Kier alpha value is -1.77. The summed E-state index contributed by atoms with van der Waals surface area (Å²) < 4.78 is 1.90. The highest BCUT2D eigenvalue weighted by atomic mass is 16.4. The minimum Gasteiger partial charge on any atom is -0.481 e. The number of carbonyl (C=O) groups is 1. The second kappa shape index (κ2) is 5.20. The summed E-state index contributed by atoms with van der Waals surface area (Å²) in [6.45, 7) is 7.94. The van der Waals surface area contributed by atoms with Crippen molar-refractivity contribution >= 4 is 5.97 Å². The van der Waals surface area contributed by atoms with Gasteiger partial charge in [-0.25, -0.2) is 0 Å². The molecule has 0 atom stereocenters. The van der Waals surface area contributed by atoms with Crippen LogP contribution in [0.2, 0.25) is 0 Å². The molecule has 0 aliphatic heterocycles. The Morgan fingerprint density at radius 3 is 2.73 bits per heavy atom. The van der Waals surface area contributed by atoms with E-state index in [2.05, 4.69) is 13.2 Å². The van der Waals surface area contributed by atoms with Gasteiger partial charge in [-0.15, -0.1) is 13.2 Å². The van der Waals surface area contributed by atoms with Crippen LogP contribution in [0, 0.1) is 0 Å². The second-order valence-corrected chi connectivity index (χ2v) is 3.34. The van der Waals surface area contributed by atoms with Crippen LogP contribution < -0.4 is 0 Å². The van der Waals surface area contributed by atoms with E-state index < -0.39 is 5.97 Å². The molecule has 1 N–H and O–H groups in total. The van der Waals surface area contributed by atoms with Gasteiger partial charge in [-0.1, -0.05) is 12.2 Å². The maximum Gasteiger partial charge on any atom is 0.309 e. The zero-order valence-electron chi connectivity index (χ0n) is 8.65. The average molecular weight is 205 g/mol. The van der Waals surface area contributed by atoms with Crippen molar-refractivity contribution in [2.75, 3.05) is 0 Å². The van der Waals surface area contributed by atoms with E-state index in [1.54, 1.807) is 12.2 Å². The molecule has 1 aromatic rings. The van der Waals surface area contributed by atoms with E-state index in [0.29, 0.717) is 6.54 Å². The van der Waals surface area contributed by atoms with Crippen molar-refractivity contribution in [2.45, 2.75) is 19.4 Å². The monoisotopic (exact) mass is 205 g/mol. The van der Waals surface area contributed by atoms with Crippen molar-refractivity contribution in [3.8, 4) is 0 Å². The fourth-order valence-corrected chi connectivity index (χ4v) is 1.51. The first kappa shape index (κ1) is 11.3. The summed E-state index contributed by atoms with van der Waals surface area (Å²) >= 11 is 0. The molecule has 0 fully saturated rings. The van der Waals surface area contributed by atoms with E-state index in [1.807, 2.05) is 16.8 Å². The van der Waals surface area contributed by atoms with Gasteiger partial charge in [0.15, 0.2) is 0 Å². The van der Waals surface area contributed by atoms with Crippen LogP contribution in [0.25, 0.3) is 0 Å². The number of aliphatic carboxylic acids is 1. The van der Waals surface area contributed by atoms with Crippen LogP contribution in [-0.4, -0.2) is 15.6 Å². The van der Waals surface area contributed by atoms with Gasteiger partial charge in [-0.3, -0.25) is 4.79 Å². The third-order valence-electron chi connectivity index (χ3n) is 2.08. The Morgan fingerprint density at radius 1 is 1.47 bits per heavy atom. The molecule has 0 amide bonds. The Balaban J connectivity index is 2.93. The smallest absolute Gasteiger partial charge is 0.309 e. The lowest BCUT2D eigenvalue weighted by molar-refractivity contribution is -0.136. The predicted octanol–water partition coefficient (Wildman–Crippen LogP) is 2.03. The molecule has 3 nitrogen and oxygen atoms in total. The van der Waals surface area contributed by atoms with Gasteiger partial charge in [-0.2, -0.15) is 0 Å². The number of hydrogen-bond acceptors (Lipinski definition) is 1. The molecule has 1 rings (SSSR count). The highest BCUT2D eigenvalue weighted by molar-refractivity contribution is 5.69. The highest BCUT2D eigenvalue weighted by Gasteiger charge is 2.07. The summed E-state index contributed by atoms with van der Waals surface area (Å²) in [5.41, 5.74) is 1.89. The molecule has 0 unspecified atom stereocenters. The molecule has 0 aliphatic rings. The fraction of sp³-hybridized carbons (Fsp3) is 0.250. The summed E-state index contributed by atoms with van der Waals surface area (Å²) in [4.78, 5) is 10.6. The Labute approximate surface area is 89.3 Å². The van der Waals surface area contributed by atoms with E-state index in [9.17, 15) is 4.79 Å². The van der Waals surface area contributed by atoms with Crippen LogP contribution in [0.3, 0.4) is 0 Å². The normalized spacial score (nSPS) is 9.87. The Morgan fingerprint density at radius 2 is 2.20 bits per heavy atom. The lowest BCUT2D eigenvalue weighted by atomic mass is 10.2. The molecule has 1 aromatic heterocycles. The van der Waals surface area contributed by atoms with Gasteiger partial charge < -0.3 is 9.67 Å². The number of rotatable bonds is 6. The lowest BCUT2D eigenvalue weighted by Gasteiger charge is -2.02. The quantitative estimate of drug-likeness (QED) is 0.722. The third kappa shape index (κ3) is 3.13. The van der Waals surface area contributed by atoms with Crippen molar-refractivity contribution in [3.05, 3.63) is 48.8 Å². The molecule has 0 saturated carbocycles. The number of allylic oxidation sites excluding steroid dienone is 2. The number of aromatic nitrogens is 1. The molecule has 0 spiro atoms. The van der Waals surface area contributed by atoms with Crippen molar-refractivity contribution in [2.24, 2.45) is 0 Å². The van der Waals surface area contributed by atoms with E-state index in [0.717, 1.165) is 17.7 Å². The Bertz CT molecular complexity index is 377. The summed E-state index contributed by atoms with van der Waals surface area (Å²) in [5.74, 6) is -0.816. The van der Waals surface area contributed by atoms with E-state index in [-0.39, 0.29) is 6.42 Å². The van der Waals surface area contributed by atoms with Gasteiger partial charge in [0.25, 0.3) is 0 Å². The lowest BCUT2D eigenvalue weighted by Crippen LogP contribution is -2.06. The van der Waals surface area contributed by atoms with Gasteiger partial charge in [-0.05, 0) is 18.1 Å². The van der Waals surface area contributed by atoms with Crippen LogP contribution in [0.15, 0.2) is 37.6 Å². The van der Waals surface area contributed by atoms with E-state index >= 15 is 0 Å². The van der Waals surface area contributed by atoms with Crippen LogP contribution in [0.4, 0.5) is 0 Å². The molecule has 3 heteroatoms. The molecule has 0 aliphatic carbocycles. The van der Waals surface area contributed by atoms with Crippen LogP contribution >= 0.6 is 0 Å². The maximum atomic E-state index is 10.6. The average Bonchev–Trinajstić information content (AvgIpc) is 2.48. The zero-order chi connectivity index (χ0) is 11.3. The van der Waals surface area contributed by atoms with E-state index in [4.69, 9.17) is 5.11 Å². The van der Waals surface area contributed by atoms with Crippen molar-refractivity contribution in [3.63, 3.8) is 0 Å². The van der Waals surface area contributed by atoms with Crippen LogP contribution in [0.1, 0.15) is 11.3 Å². The van der Waals surface area contributed by atoms with Crippen LogP contribution in [-0.2, 0) is 24.2 Å². The molecule has 0 radical (unpaired) electrons. The minimum atomic E-state index is -0.816. The summed E-state index contributed by atoms with van der Waals surface area (Å²) in [7, 11) is 0. The molecule has 0 aromatic carbocycles. The number of carboxylic acids is 1. The van der Waals surface area contributed by atoms with Crippen molar-refractivity contribution < 1.29 is 9.90 Å². The number of carboxylic acid groups (broad SMARTS) is 1. The molecule has 0 bridgehead atoms. The molecule has 15 heavy (non-hydrogen) atoms. The first-order valence-electron chi connectivity index (χ1n) is 4.79. The van der Waals surface area contributed by atoms with Gasteiger partial charge >= 0.3 is 5.97 Å². The summed E-state index contributed by atoms with van der Waals surface area (Å²) in [5, 5.41) is 8.74. The molecular formula is C12H15NO2. The third-order valence-corrected chi connectivity index (χ3v) is 2.08. The summed E-state index contributed by atoms with van der Waals surface area (Å²) in [6.07, 6.45) is 6.31. The zero-order valence-corrected chi connectivity index (χ0v) is 8.65. The van der Waals surface area contributed by atoms with Crippen molar-refractivity contribution in [1.29, 1.82) is 0 Å². The molecular weight excluding hydrogens is 190 g/mol. The van der Waals surface area contributed by atoms with Gasteiger partial charge in [0.1, 0.15) is 0 Å². The number of nitrogens with zero attached hydrogens (tertiary/aromatic N) is 1. The molecule has 0 saturated heterocycles. The van der Waals surface area contributed by atoms with Crippen LogP contribution in [0.5, 0.6) is 0 Å². The largest absolute Gasteiger partial charge is 0.481 e. The number of hydrogen-bond donors (Lipinski definition) is 1. The minimum absolute atomic E-state index is 0.0466. The van der Waals surface area contributed by atoms with Crippen molar-refractivity contribution in [1.82, 2.24) is 4.57 Å². The standard InChI is InChI=1S/C12H15NO2/c1-3-5-10-7-11(8-12(14)15)13(9-10)6-4-2/h3-4,7,9H,1-2,5-6,8H2,(H,14,15). The summed E-state index contributed by atoms with van der Waals surface area (Å²) in [6, 6.07) is 1.90. The van der Waals surface area contributed by atoms with Gasteiger partial charge in [0.2, 0.25) is 0 Å². The topological polar surface area (TPSA) is 42.2 Å². The fourth-order valence-electron chi connectivity index (χ4n) is 1.51. The second-order valence-electron chi connectivity index (χ2n) is 3.34. The predicted molar refractivity (Wildman–Crippen MR) is 59.9 cm³/mol. The SMILES string of the molecule is C=CCc1cc(CC(=O)O)n(CC=C)c1. The van der Waals surface area contributed by atoms with Gasteiger partial charge in [0, 0.05) is 18.4 Å².